The van der Waals surface area contributed by atoms with Crippen LogP contribution in [-0.2, 0) is 13.0 Å². The number of carbonyl (C=O) groups excluding carboxylic acids is 1. The van der Waals surface area contributed by atoms with Gasteiger partial charge in [0, 0.05) is 30.6 Å². The molecule has 0 aliphatic rings. The number of hydrogen-bond acceptors (Lipinski definition) is 4. The molecule has 27 heavy (non-hydrogen) atoms. The second-order valence-electron chi connectivity index (χ2n) is 5.90. The third-order valence-corrected chi connectivity index (χ3v) is 4.61. The first-order chi connectivity index (χ1) is 13.2. The number of nitriles is 1. The van der Waals surface area contributed by atoms with Crippen molar-refractivity contribution < 1.29 is 4.79 Å². The van der Waals surface area contributed by atoms with Crippen molar-refractivity contribution in [1.82, 2.24) is 20.1 Å². The number of H-pyrrole nitrogens is 1. The Hall–Kier alpha value is -3.24. The third-order valence-electron chi connectivity index (χ3n) is 4.30. The molecule has 1 heterocycles. The van der Waals surface area contributed by atoms with E-state index in [0.29, 0.717) is 28.9 Å². The molecule has 0 aliphatic heterocycles. The summed E-state index contributed by atoms with van der Waals surface area (Å²) in [5.74, 6) is 0.626. The van der Waals surface area contributed by atoms with Crippen LogP contribution in [0.5, 0.6) is 0 Å². The largest absolute Gasteiger partial charge is 0.352 e. The summed E-state index contributed by atoms with van der Waals surface area (Å²) in [6.07, 6.45) is 0.573. The van der Waals surface area contributed by atoms with Crippen LogP contribution in [0.2, 0.25) is 0 Å². The zero-order valence-corrected chi connectivity index (χ0v) is 15.7. The molecule has 6 nitrogen and oxygen atoms in total. The Balaban J connectivity index is 1.78. The van der Waals surface area contributed by atoms with E-state index in [-0.39, 0.29) is 5.91 Å². The van der Waals surface area contributed by atoms with Gasteiger partial charge in [-0.2, -0.15) is 10.4 Å². The van der Waals surface area contributed by atoms with Gasteiger partial charge in [-0.05, 0) is 36.8 Å². The average molecular weight is 377 g/mol. The number of aromatic nitrogens is 3. The lowest BCUT2D eigenvalue weighted by molar-refractivity contribution is 0.0954. The van der Waals surface area contributed by atoms with Gasteiger partial charge in [-0.3, -0.25) is 9.89 Å². The normalized spacial score (nSPS) is 10.4. The summed E-state index contributed by atoms with van der Waals surface area (Å²) in [5, 5.41) is 19.3. The molecular formula is C20H19N5OS. The SMILES string of the molecule is CCn1c(CCNC(=O)c2ccccc2-c2ccccc2C#N)n[nH]c1=S. The number of benzene rings is 2. The number of nitrogens with zero attached hydrogens (tertiary/aromatic N) is 3. The third kappa shape index (κ3) is 3.96. The maximum Gasteiger partial charge on any atom is 0.251 e. The number of carbonyl (C=O) groups is 1. The Morgan fingerprint density at radius 1 is 1.22 bits per heavy atom. The van der Waals surface area contributed by atoms with Crippen molar-refractivity contribution in [3.05, 3.63) is 70.3 Å². The topological polar surface area (TPSA) is 86.5 Å². The Bertz CT molecular complexity index is 1060. The molecule has 0 saturated carbocycles. The van der Waals surface area contributed by atoms with Gasteiger partial charge < -0.3 is 9.88 Å². The molecule has 0 atom stereocenters. The highest BCUT2D eigenvalue weighted by Crippen LogP contribution is 2.26. The summed E-state index contributed by atoms with van der Waals surface area (Å²) >= 11 is 5.18. The molecule has 7 heteroatoms. The van der Waals surface area contributed by atoms with Gasteiger partial charge in [0.05, 0.1) is 11.6 Å². The molecule has 0 aliphatic carbocycles. The Morgan fingerprint density at radius 2 is 1.93 bits per heavy atom. The van der Waals surface area contributed by atoms with Crippen LogP contribution < -0.4 is 5.32 Å². The van der Waals surface area contributed by atoms with Crippen LogP contribution in [0.25, 0.3) is 11.1 Å². The van der Waals surface area contributed by atoms with E-state index in [0.717, 1.165) is 23.5 Å². The Morgan fingerprint density at radius 3 is 2.67 bits per heavy atom. The summed E-state index contributed by atoms with van der Waals surface area (Å²) in [4.78, 5) is 12.7. The van der Waals surface area contributed by atoms with Crippen molar-refractivity contribution in [3.8, 4) is 17.2 Å². The van der Waals surface area contributed by atoms with Gasteiger partial charge in [0.15, 0.2) is 4.77 Å². The predicted octanol–water partition coefficient (Wildman–Crippen LogP) is 3.47. The summed E-state index contributed by atoms with van der Waals surface area (Å²) in [6, 6.07) is 16.7. The average Bonchev–Trinajstić information content (AvgIpc) is 3.07. The maximum absolute atomic E-state index is 12.7. The van der Waals surface area contributed by atoms with E-state index in [4.69, 9.17) is 12.2 Å². The van der Waals surface area contributed by atoms with Crippen molar-refractivity contribution in [2.45, 2.75) is 19.9 Å². The molecular weight excluding hydrogens is 358 g/mol. The minimum absolute atomic E-state index is 0.185. The quantitative estimate of drug-likeness (QED) is 0.644. The summed E-state index contributed by atoms with van der Waals surface area (Å²) in [5.41, 5.74) is 2.56. The lowest BCUT2D eigenvalue weighted by Gasteiger charge is -2.11. The fraction of sp³-hybridized carbons (Fsp3) is 0.200. The van der Waals surface area contributed by atoms with Crippen LogP contribution in [0.4, 0.5) is 0 Å². The van der Waals surface area contributed by atoms with Gasteiger partial charge in [0.1, 0.15) is 5.82 Å². The highest BCUT2D eigenvalue weighted by atomic mass is 32.1. The highest BCUT2D eigenvalue weighted by Gasteiger charge is 2.14. The van der Waals surface area contributed by atoms with Gasteiger partial charge in [-0.25, -0.2) is 0 Å². The van der Waals surface area contributed by atoms with Crippen LogP contribution in [0.1, 0.15) is 28.7 Å². The first kappa shape index (κ1) is 18.5. The molecule has 0 saturated heterocycles. The van der Waals surface area contributed by atoms with Gasteiger partial charge >= 0.3 is 0 Å². The molecule has 1 aromatic heterocycles. The monoisotopic (exact) mass is 377 g/mol. The number of hydrogen-bond donors (Lipinski definition) is 2. The van der Waals surface area contributed by atoms with E-state index in [1.807, 2.05) is 47.9 Å². The Labute approximate surface area is 162 Å². The highest BCUT2D eigenvalue weighted by molar-refractivity contribution is 7.71. The van der Waals surface area contributed by atoms with Crippen LogP contribution >= 0.6 is 12.2 Å². The predicted molar refractivity (Wildman–Crippen MR) is 106 cm³/mol. The number of amides is 1. The zero-order chi connectivity index (χ0) is 19.2. The lowest BCUT2D eigenvalue weighted by atomic mass is 9.95. The molecule has 0 fully saturated rings. The number of rotatable bonds is 6. The minimum Gasteiger partial charge on any atom is -0.352 e. The molecule has 0 spiro atoms. The van der Waals surface area contributed by atoms with Crippen molar-refractivity contribution in [2.75, 3.05) is 6.54 Å². The molecule has 2 N–H and O–H groups in total. The fourth-order valence-corrected chi connectivity index (χ4v) is 3.26. The molecule has 3 aromatic rings. The minimum atomic E-state index is -0.185. The zero-order valence-electron chi connectivity index (χ0n) is 14.9. The van der Waals surface area contributed by atoms with E-state index >= 15 is 0 Å². The lowest BCUT2D eigenvalue weighted by Crippen LogP contribution is -2.27. The van der Waals surface area contributed by atoms with Crippen molar-refractivity contribution in [1.29, 1.82) is 5.26 Å². The molecule has 0 bridgehead atoms. The van der Waals surface area contributed by atoms with Crippen LogP contribution in [0.3, 0.4) is 0 Å². The summed E-state index contributed by atoms with van der Waals surface area (Å²) < 4.78 is 2.48. The molecule has 2 aromatic carbocycles. The summed E-state index contributed by atoms with van der Waals surface area (Å²) in [6.45, 7) is 3.16. The molecule has 136 valence electrons. The fourth-order valence-electron chi connectivity index (χ4n) is 2.98. The van der Waals surface area contributed by atoms with Gasteiger partial charge in [-0.1, -0.05) is 36.4 Å². The van der Waals surface area contributed by atoms with Gasteiger partial charge in [0.25, 0.3) is 5.91 Å². The Kier molecular flexibility index (Phi) is 5.79. The second kappa shape index (κ2) is 8.43. The van der Waals surface area contributed by atoms with Crippen LogP contribution in [-0.4, -0.2) is 27.2 Å². The van der Waals surface area contributed by atoms with E-state index < -0.39 is 0 Å². The first-order valence-electron chi connectivity index (χ1n) is 8.66. The van der Waals surface area contributed by atoms with Gasteiger partial charge in [0.2, 0.25) is 0 Å². The van der Waals surface area contributed by atoms with Crippen molar-refractivity contribution in [2.24, 2.45) is 0 Å². The second-order valence-corrected chi connectivity index (χ2v) is 6.28. The number of nitrogens with one attached hydrogen (secondary N) is 2. The van der Waals surface area contributed by atoms with Crippen LogP contribution in [0.15, 0.2) is 48.5 Å². The smallest absolute Gasteiger partial charge is 0.251 e. The van der Waals surface area contributed by atoms with Crippen molar-refractivity contribution in [3.63, 3.8) is 0 Å². The standard InChI is InChI=1S/C20H19N5OS/c1-2-25-18(23-24-20(25)27)11-12-22-19(26)17-10-6-5-9-16(17)15-8-4-3-7-14(15)13-21/h3-10H,2,11-12H2,1H3,(H,22,26)(H,24,27). The van der Waals surface area contributed by atoms with E-state index in [1.165, 1.54) is 0 Å². The molecule has 3 rings (SSSR count). The molecule has 0 unspecified atom stereocenters. The maximum atomic E-state index is 12.7. The summed E-state index contributed by atoms with van der Waals surface area (Å²) in [7, 11) is 0. The van der Waals surface area contributed by atoms with Crippen molar-refractivity contribution >= 4 is 18.1 Å². The molecule has 0 radical (unpaired) electrons. The van der Waals surface area contributed by atoms with E-state index in [2.05, 4.69) is 21.6 Å². The van der Waals surface area contributed by atoms with Crippen LogP contribution in [0, 0.1) is 16.1 Å². The van der Waals surface area contributed by atoms with E-state index in [1.54, 1.807) is 12.1 Å². The van der Waals surface area contributed by atoms with Gasteiger partial charge in [-0.15, -0.1) is 0 Å². The van der Waals surface area contributed by atoms with E-state index in [9.17, 15) is 10.1 Å². The number of aromatic amines is 1. The first-order valence-corrected chi connectivity index (χ1v) is 9.07. The molecule has 1 amide bonds.